The third-order valence-electron chi connectivity index (χ3n) is 4.42. The van der Waals surface area contributed by atoms with E-state index in [1.807, 2.05) is 12.2 Å². The largest absolute Gasteiger partial charge is 0.300 e. The zero-order chi connectivity index (χ0) is 12.7. The molecule has 3 rings (SSSR count). The van der Waals surface area contributed by atoms with Crippen LogP contribution in [-0.4, -0.2) is 28.5 Å². The fraction of sp³-hybridized carbons (Fsp3) is 0.643. The van der Waals surface area contributed by atoms with E-state index >= 15 is 0 Å². The Morgan fingerprint density at radius 2 is 1.39 bits per heavy atom. The van der Waals surface area contributed by atoms with Gasteiger partial charge in [-0.05, 0) is 25.7 Å². The van der Waals surface area contributed by atoms with Crippen molar-refractivity contribution in [2.75, 3.05) is 0 Å². The molecular formula is C14H17NO3. The zero-order valence-electron chi connectivity index (χ0n) is 10.3. The van der Waals surface area contributed by atoms with E-state index in [0.29, 0.717) is 38.5 Å². The quantitative estimate of drug-likeness (QED) is 0.520. The number of carbonyl (C=O) groups excluding carboxylic acids is 3. The number of likely N-dealkylation sites (tertiary alicyclic amines) is 1. The molecule has 0 bridgehead atoms. The van der Waals surface area contributed by atoms with E-state index < -0.39 is 0 Å². The summed E-state index contributed by atoms with van der Waals surface area (Å²) in [4.78, 5) is 37.4. The molecule has 2 aliphatic carbocycles. The van der Waals surface area contributed by atoms with Gasteiger partial charge in [0.1, 0.15) is 5.78 Å². The molecule has 2 atom stereocenters. The summed E-state index contributed by atoms with van der Waals surface area (Å²) in [6.45, 7) is 0. The summed E-state index contributed by atoms with van der Waals surface area (Å²) in [7, 11) is 0. The Kier molecular flexibility index (Phi) is 2.80. The molecule has 2 unspecified atom stereocenters. The Morgan fingerprint density at radius 1 is 0.889 bits per heavy atom. The molecular weight excluding hydrogens is 230 g/mol. The van der Waals surface area contributed by atoms with E-state index in [1.54, 1.807) is 0 Å². The smallest absolute Gasteiger partial charge is 0.233 e. The van der Waals surface area contributed by atoms with Gasteiger partial charge in [-0.2, -0.15) is 0 Å². The first kappa shape index (κ1) is 11.6. The molecule has 0 spiro atoms. The number of Topliss-reactive ketones (excluding diaryl/α,β-unsaturated/α-hetero) is 1. The van der Waals surface area contributed by atoms with Crippen LogP contribution < -0.4 is 0 Å². The lowest BCUT2D eigenvalue weighted by molar-refractivity contribution is -0.144. The minimum absolute atomic E-state index is 0.00583. The van der Waals surface area contributed by atoms with Crippen molar-refractivity contribution in [2.45, 2.75) is 44.6 Å². The van der Waals surface area contributed by atoms with E-state index in [0.717, 1.165) is 0 Å². The predicted octanol–water partition coefficient (Wildman–Crippen LogP) is 1.45. The molecule has 18 heavy (non-hydrogen) atoms. The van der Waals surface area contributed by atoms with Gasteiger partial charge in [0, 0.05) is 18.9 Å². The molecule has 2 amide bonds. The maximum Gasteiger partial charge on any atom is 0.233 e. The molecule has 4 heteroatoms. The highest BCUT2D eigenvalue weighted by Crippen LogP contribution is 2.38. The summed E-state index contributed by atoms with van der Waals surface area (Å²) < 4.78 is 0. The van der Waals surface area contributed by atoms with Crippen molar-refractivity contribution in [1.29, 1.82) is 0 Å². The van der Waals surface area contributed by atoms with Crippen LogP contribution in [0.4, 0.5) is 0 Å². The Labute approximate surface area is 106 Å². The first-order chi connectivity index (χ1) is 8.68. The van der Waals surface area contributed by atoms with Gasteiger partial charge in [-0.15, -0.1) is 0 Å². The van der Waals surface area contributed by atoms with Crippen LogP contribution >= 0.6 is 0 Å². The summed E-state index contributed by atoms with van der Waals surface area (Å²) in [5.74, 6) is -0.0351. The van der Waals surface area contributed by atoms with Gasteiger partial charge in [-0.25, -0.2) is 0 Å². The highest BCUT2D eigenvalue weighted by Gasteiger charge is 2.49. The average Bonchev–Trinajstić information content (AvgIpc) is 2.64. The van der Waals surface area contributed by atoms with E-state index in [9.17, 15) is 14.4 Å². The molecule has 0 aromatic carbocycles. The standard InChI is InChI=1S/C14H17NO3/c16-10-7-5-9(6-8-10)15-13(17)11-3-1-2-4-12(11)14(15)18/h1-2,9,11-12H,3-8H2. The molecule has 0 aromatic heterocycles. The Bertz CT molecular complexity index is 404. The number of hydrogen-bond acceptors (Lipinski definition) is 3. The SMILES string of the molecule is O=C1CCC(N2C(=O)C3CC=CCC3C2=O)CC1. The minimum atomic E-state index is -0.139. The number of ketones is 1. The van der Waals surface area contributed by atoms with E-state index in [4.69, 9.17) is 0 Å². The van der Waals surface area contributed by atoms with Crippen LogP contribution in [0.3, 0.4) is 0 Å². The maximum absolute atomic E-state index is 12.3. The normalized spacial score (nSPS) is 33.1. The second-order valence-corrected chi connectivity index (χ2v) is 5.47. The van der Waals surface area contributed by atoms with Gasteiger partial charge in [0.2, 0.25) is 11.8 Å². The monoisotopic (exact) mass is 247 g/mol. The summed E-state index contributed by atoms with van der Waals surface area (Å²) in [5.41, 5.74) is 0. The van der Waals surface area contributed by atoms with E-state index in [2.05, 4.69) is 0 Å². The molecule has 0 radical (unpaired) electrons. The zero-order valence-corrected chi connectivity index (χ0v) is 10.3. The van der Waals surface area contributed by atoms with Gasteiger partial charge < -0.3 is 0 Å². The highest BCUT2D eigenvalue weighted by atomic mass is 16.2. The lowest BCUT2D eigenvalue weighted by atomic mass is 9.85. The molecule has 1 aliphatic heterocycles. The Morgan fingerprint density at radius 3 is 1.89 bits per heavy atom. The topological polar surface area (TPSA) is 54.5 Å². The number of nitrogens with zero attached hydrogens (tertiary/aromatic N) is 1. The van der Waals surface area contributed by atoms with Crippen molar-refractivity contribution in [1.82, 2.24) is 4.90 Å². The fourth-order valence-electron chi connectivity index (χ4n) is 3.37. The molecule has 3 aliphatic rings. The third kappa shape index (κ3) is 1.71. The lowest BCUT2D eigenvalue weighted by Crippen LogP contribution is -2.42. The van der Waals surface area contributed by atoms with Gasteiger partial charge in [0.15, 0.2) is 0 Å². The van der Waals surface area contributed by atoms with Crippen molar-refractivity contribution in [3.63, 3.8) is 0 Å². The third-order valence-corrected chi connectivity index (χ3v) is 4.42. The highest BCUT2D eigenvalue weighted by molar-refractivity contribution is 6.05. The predicted molar refractivity (Wildman–Crippen MR) is 64.5 cm³/mol. The van der Waals surface area contributed by atoms with Crippen molar-refractivity contribution < 1.29 is 14.4 Å². The van der Waals surface area contributed by atoms with Crippen molar-refractivity contribution >= 4 is 17.6 Å². The van der Waals surface area contributed by atoms with Crippen molar-refractivity contribution in [2.24, 2.45) is 11.8 Å². The number of rotatable bonds is 1. The van der Waals surface area contributed by atoms with Gasteiger partial charge in [0.05, 0.1) is 11.8 Å². The summed E-state index contributed by atoms with van der Waals surface area (Å²) in [6.07, 6.45) is 7.71. The van der Waals surface area contributed by atoms with E-state index in [-0.39, 0.29) is 35.5 Å². The number of allylic oxidation sites excluding steroid dienone is 2. The van der Waals surface area contributed by atoms with Crippen LogP contribution in [0.1, 0.15) is 38.5 Å². The maximum atomic E-state index is 12.3. The first-order valence-electron chi connectivity index (χ1n) is 6.72. The molecule has 4 nitrogen and oxygen atoms in total. The molecule has 96 valence electrons. The van der Waals surface area contributed by atoms with E-state index in [1.165, 1.54) is 4.90 Å². The van der Waals surface area contributed by atoms with Crippen molar-refractivity contribution in [3.8, 4) is 0 Å². The first-order valence-corrected chi connectivity index (χ1v) is 6.72. The van der Waals surface area contributed by atoms with Gasteiger partial charge in [-0.1, -0.05) is 12.2 Å². The van der Waals surface area contributed by atoms with Crippen LogP contribution in [-0.2, 0) is 14.4 Å². The number of fused-ring (bicyclic) bond motifs is 1. The number of hydrogen-bond donors (Lipinski definition) is 0. The van der Waals surface area contributed by atoms with Crippen LogP contribution in [0, 0.1) is 11.8 Å². The van der Waals surface area contributed by atoms with Gasteiger partial charge in [0.25, 0.3) is 0 Å². The van der Waals surface area contributed by atoms with Crippen LogP contribution in [0.15, 0.2) is 12.2 Å². The number of carbonyl (C=O) groups is 3. The van der Waals surface area contributed by atoms with Crippen molar-refractivity contribution in [3.05, 3.63) is 12.2 Å². The molecule has 0 N–H and O–H groups in total. The Hall–Kier alpha value is -1.45. The average molecular weight is 247 g/mol. The number of imide groups is 1. The minimum Gasteiger partial charge on any atom is -0.300 e. The number of amides is 2. The Balaban J connectivity index is 1.79. The molecule has 1 saturated carbocycles. The molecule has 1 heterocycles. The molecule has 0 aromatic rings. The second kappa shape index (κ2) is 4.34. The molecule has 2 fully saturated rings. The van der Waals surface area contributed by atoms with Crippen LogP contribution in [0.25, 0.3) is 0 Å². The van der Waals surface area contributed by atoms with Gasteiger partial charge >= 0.3 is 0 Å². The van der Waals surface area contributed by atoms with Crippen LogP contribution in [0.2, 0.25) is 0 Å². The van der Waals surface area contributed by atoms with Gasteiger partial charge in [-0.3, -0.25) is 19.3 Å². The second-order valence-electron chi connectivity index (χ2n) is 5.47. The molecule has 1 saturated heterocycles. The summed E-state index contributed by atoms with van der Waals surface area (Å²) in [5, 5.41) is 0. The summed E-state index contributed by atoms with van der Waals surface area (Å²) in [6, 6.07) is -0.0340. The van der Waals surface area contributed by atoms with Crippen LogP contribution in [0.5, 0.6) is 0 Å². The summed E-state index contributed by atoms with van der Waals surface area (Å²) >= 11 is 0. The lowest BCUT2D eigenvalue weighted by Gasteiger charge is -2.29. The fourth-order valence-corrected chi connectivity index (χ4v) is 3.37.